The zero-order valence-electron chi connectivity index (χ0n) is 13.3. The predicted octanol–water partition coefficient (Wildman–Crippen LogP) is 1.72. The molecule has 1 rings (SSSR count). The van der Waals surface area contributed by atoms with E-state index >= 15 is 0 Å². The quantitative estimate of drug-likeness (QED) is 0.608. The number of carboxylic acid groups (broad SMARTS) is 2. The van der Waals surface area contributed by atoms with E-state index in [-0.39, 0.29) is 5.56 Å². The molecule has 6 nitrogen and oxygen atoms in total. The highest BCUT2D eigenvalue weighted by molar-refractivity contribution is 5.98. The van der Waals surface area contributed by atoms with Crippen LogP contribution in [0.4, 0.5) is 0 Å². The first-order chi connectivity index (χ1) is 10.6. The Kier molecular flexibility index (Phi) is 3.97. The first-order valence-electron chi connectivity index (χ1n) is 7.07. The van der Waals surface area contributed by atoms with Crippen LogP contribution >= 0.6 is 0 Å². The molecule has 0 bridgehead atoms. The van der Waals surface area contributed by atoms with Gasteiger partial charge in [-0.3, -0.25) is 0 Å². The van der Waals surface area contributed by atoms with Gasteiger partial charge in [0.15, 0.2) is 0 Å². The van der Waals surface area contributed by atoms with E-state index in [1.165, 1.54) is 12.1 Å². The van der Waals surface area contributed by atoms with E-state index in [1.807, 2.05) is 0 Å². The van der Waals surface area contributed by atoms with Crippen molar-refractivity contribution in [3.8, 4) is 0 Å². The van der Waals surface area contributed by atoms with E-state index in [0.29, 0.717) is 0 Å². The summed E-state index contributed by atoms with van der Waals surface area (Å²) in [5.41, 5.74) is -1.78. The molecule has 0 unspecified atom stereocenters. The number of carbonyl (C=O) groups is 3. The van der Waals surface area contributed by atoms with Crippen molar-refractivity contribution in [3.05, 3.63) is 47.0 Å². The maximum atomic E-state index is 11.7. The number of hydrogen-bond acceptors (Lipinski definition) is 4. The Morgan fingerprint density at radius 2 is 1.80 bits per heavy atom. The van der Waals surface area contributed by atoms with Crippen molar-refractivity contribution in [1.82, 2.24) is 0 Å². The van der Waals surface area contributed by atoms with Gasteiger partial charge < -0.3 is 14.9 Å². The summed E-state index contributed by atoms with van der Waals surface area (Å²) in [7, 11) is 0. The van der Waals surface area contributed by atoms with Crippen LogP contribution in [0.2, 0.25) is 0 Å². The third-order valence-electron chi connectivity index (χ3n) is 2.37. The Hall–Kier alpha value is -2.63. The highest BCUT2D eigenvalue weighted by Crippen LogP contribution is 2.11. The van der Waals surface area contributed by atoms with Crippen molar-refractivity contribution in [2.75, 3.05) is 6.61 Å². The molecule has 0 aliphatic rings. The first kappa shape index (κ1) is 11.2. The van der Waals surface area contributed by atoms with Crippen LogP contribution in [0.15, 0.2) is 41.5 Å². The van der Waals surface area contributed by atoms with Gasteiger partial charge in [0.25, 0.3) is 0 Å². The fraction of sp³-hybridized carbons (Fsp3) is 0.214. The second-order valence-corrected chi connectivity index (χ2v) is 3.72. The standard InChI is InChI=1S/C14H14O6/c1-9(12(15)16)11(13(17)18)7-8-20-14(19)10-5-3-2-4-6-10/h2-6H,7-8H2,1H3,(H,15,16)(H,17,18)/b11-9+/i1D3. The second kappa shape index (κ2) is 7.08. The van der Waals surface area contributed by atoms with Crippen LogP contribution in [0.3, 0.4) is 0 Å². The van der Waals surface area contributed by atoms with Gasteiger partial charge in [-0.05, 0) is 19.0 Å². The van der Waals surface area contributed by atoms with E-state index in [4.69, 9.17) is 19.1 Å². The fourth-order valence-corrected chi connectivity index (χ4v) is 1.37. The molecule has 0 aliphatic carbocycles. The molecule has 0 spiro atoms. The van der Waals surface area contributed by atoms with Gasteiger partial charge in [-0.2, -0.15) is 0 Å². The summed E-state index contributed by atoms with van der Waals surface area (Å²) >= 11 is 0. The molecule has 0 amide bonds. The highest BCUT2D eigenvalue weighted by Gasteiger charge is 2.17. The molecule has 6 heteroatoms. The number of rotatable bonds is 6. The highest BCUT2D eigenvalue weighted by atomic mass is 16.5. The lowest BCUT2D eigenvalue weighted by molar-refractivity contribution is -0.136. The number of aliphatic carboxylic acids is 2. The van der Waals surface area contributed by atoms with Gasteiger partial charge in [-0.1, -0.05) is 18.2 Å². The Labute approximate surface area is 119 Å². The average Bonchev–Trinajstić information content (AvgIpc) is 2.44. The topological polar surface area (TPSA) is 101 Å². The van der Waals surface area contributed by atoms with Gasteiger partial charge in [0, 0.05) is 16.1 Å². The lowest BCUT2D eigenvalue weighted by atomic mass is 10.1. The van der Waals surface area contributed by atoms with Crippen LogP contribution in [-0.4, -0.2) is 34.7 Å². The minimum atomic E-state index is -3.09. The van der Waals surface area contributed by atoms with E-state index in [1.54, 1.807) is 18.2 Å². The van der Waals surface area contributed by atoms with Gasteiger partial charge in [-0.25, -0.2) is 14.4 Å². The smallest absolute Gasteiger partial charge is 0.338 e. The van der Waals surface area contributed by atoms with Crippen molar-refractivity contribution in [1.29, 1.82) is 0 Å². The zero-order valence-corrected chi connectivity index (χ0v) is 10.3. The van der Waals surface area contributed by atoms with Crippen molar-refractivity contribution in [2.45, 2.75) is 13.3 Å². The zero-order chi connectivity index (χ0) is 17.6. The molecular weight excluding hydrogens is 264 g/mol. The molecule has 0 heterocycles. The maximum absolute atomic E-state index is 11.7. The Balaban J connectivity index is 2.88. The lowest BCUT2D eigenvalue weighted by Crippen LogP contribution is -2.13. The maximum Gasteiger partial charge on any atom is 0.338 e. The number of carboxylic acids is 2. The minimum Gasteiger partial charge on any atom is -0.478 e. The molecule has 0 aromatic heterocycles. The third-order valence-corrected chi connectivity index (χ3v) is 2.37. The lowest BCUT2D eigenvalue weighted by Gasteiger charge is -2.07. The normalized spacial score (nSPS) is 14.3. The van der Waals surface area contributed by atoms with Crippen molar-refractivity contribution >= 4 is 17.9 Å². The van der Waals surface area contributed by atoms with Gasteiger partial charge in [0.1, 0.15) is 0 Å². The predicted molar refractivity (Wildman–Crippen MR) is 69.3 cm³/mol. The molecule has 106 valence electrons. The number of esters is 1. The van der Waals surface area contributed by atoms with Gasteiger partial charge >= 0.3 is 17.9 Å². The summed E-state index contributed by atoms with van der Waals surface area (Å²) in [6.45, 7) is -3.55. The monoisotopic (exact) mass is 281 g/mol. The van der Waals surface area contributed by atoms with E-state index < -0.39 is 48.9 Å². The number of hydrogen-bond donors (Lipinski definition) is 2. The molecule has 0 saturated carbocycles. The molecule has 1 aromatic carbocycles. The number of carbonyl (C=O) groups excluding carboxylic acids is 1. The Morgan fingerprint density at radius 3 is 2.30 bits per heavy atom. The second-order valence-electron chi connectivity index (χ2n) is 3.72. The Morgan fingerprint density at radius 1 is 1.15 bits per heavy atom. The van der Waals surface area contributed by atoms with E-state index in [9.17, 15) is 14.4 Å². The molecule has 0 aliphatic heterocycles. The number of ether oxygens (including phenoxy) is 1. The summed E-state index contributed by atoms with van der Waals surface area (Å²) in [6.07, 6.45) is -0.534. The van der Waals surface area contributed by atoms with Crippen LogP contribution < -0.4 is 0 Å². The van der Waals surface area contributed by atoms with Crippen LogP contribution in [0.25, 0.3) is 0 Å². The van der Waals surface area contributed by atoms with Gasteiger partial charge in [0.2, 0.25) is 0 Å². The summed E-state index contributed by atoms with van der Waals surface area (Å²) in [6, 6.07) is 7.88. The third kappa shape index (κ3) is 4.24. The van der Waals surface area contributed by atoms with Crippen molar-refractivity contribution < 1.29 is 33.4 Å². The molecule has 20 heavy (non-hydrogen) atoms. The van der Waals surface area contributed by atoms with Crippen LogP contribution in [0, 0.1) is 0 Å². The first-order valence-corrected chi connectivity index (χ1v) is 5.57. The van der Waals surface area contributed by atoms with Gasteiger partial charge in [-0.15, -0.1) is 0 Å². The SMILES string of the molecule is [2H]C([2H])([2H])/C(C(=O)O)=C(/CCOC(=O)c1ccccc1)C(=O)O. The van der Waals surface area contributed by atoms with Crippen molar-refractivity contribution in [2.24, 2.45) is 0 Å². The van der Waals surface area contributed by atoms with E-state index in [2.05, 4.69) is 0 Å². The molecule has 1 aromatic rings. The van der Waals surface area contributed by atoms with Gasteiger partial charge in [0.05, 0.1) is 17.7 Å². The molecule has 2 N–H and O–H groups in total. The summed E-state index contributed by atoms with van der Waals surface area (Å²) in [5.74, 6) is -4.26. The largest absolute Gasteiger partial charge is 0.478 e. The summed E-state index contributed by atoms with van der Waals surface area (Å²) < 4.78 is 26.2. The molecule has 0 radical (unpaired) electrons. The van der Waals surface area contributed by atoms with Crippen LogP contribution in [0.5, 0.6) is 0 Å². The molecule has 0 fully saturated rings. The summed E-state index contributed by atoms with van der Waals surface area (Å²) in [5, 5.41) is 18.0. The summed E-state index contributed by atoms with van der Waals surface area (Å²) in [4.78, 5) is 33.8. The molecule has 0 saturated heterocycles. The van der Waals surface area contributed by atoms with Crippen LogP contribution in [0.1, 0.15) is 27.7 Å². The van der Waals surface area contributed by atoms with E-state index in [0.717, 1.165) is 0 Å². The Bertz CT molecular complexity index is 634. The van der Waals surface area contributed by atoms with Crippen molar-refractivity contribution in [3.63, 3.8) is 0 Å². The molecule has 0 atom stereocenters. The minimum absolute atomic E-state index is 0.239. The average molecular weight is 281 g/mol. The van der Waals surface area contributed by atoms with Crippen LogP contribution in [-0.2, 0) is 14.3 Å². The molecular formula is C14H14O6. The fourth-order valence-electron chi connectivity index (χ4n) is 1.37. The number of benzene rings is 1.